The van der Waals surface area contributed by atoms with Crippen molar-refractivity contribution in [1.82, 2.24) is 0 Å². The fraction of sp³-hybridized carbons (Fsp3) is 0.188. The van der Waals surface area contributed by atoms with Crippen molar-refractivity contribution in [2.75, 3.05) is 11.6 Å². The average Bonchev–Trinajstić information content (AvgIpc) is 2.48. The van der Waals surface area contributed by atoms with E-state index in [0.717, 1.165) is 16.1 Å². The van der Waals surface area contributed by atoms with Crippen LogP contribution < -0.4 is 11.1 Å². The molecular formula is C16H18N2OS. The average molecular weight is 286 g/mol. The molecule has 0 aliphatic heterocycles. The number of carbonyl (C=O) groups is 1. The molecule has 0 fully saturated rings. The van der Waals surface area contributed by atoms with Crippen LogP contribution in [0, 0.1) is 0 Å². The lowest BCUT2D eigenvalue weighted by Gasteiger charge is -2.24. The molecule has 0 saturated carbocycles. The second-order valence-electron chi connectivity index (χ2n) is 4.72. The molecule has 1 amide bonds. The highest BCUT2D eigenvalue weighted by atomic mass is 32.2. The lowest BCUT2D eigenvalue weighted by molar-refractivity contribution is -0.120. The Kier molecular flexibility index (Phi) is 4.47. The lowest BCUT2D eigenvalue weighted by atomic mass is 9.92. The molecule has 2 rings (SSSR count). The van der Waals surface area contributed by atoms with Crippen molar-refractivity contribution in [3.05, 3.63) is 60.2 Å². The van der Waals surface area contributed by atoms with E-state index >= 15 is 0 Å². The SMILES string of the molecule is CSc1ccccc1NC(=O)C(C)(N)c1ccccc1. The molecule has 104 valence electrons. The first-order valence-electron chi connectivity index (χ1n) is 6.34. The molecule has 4 heteroatoms. The number of nitrogens with one attached hydrogen (secondary N) is 1. The van der Waals surface area contributed by atoms with E-state index in [1.54, 1.807) is 18.7 Å². The van der Waals surface area contributed by atoms with Gasteiger partial charge in [0.2, 0.25) is 5.91 Å². The number of benzene rings is 2. The van der Waals surface area contributed by atoms with Crippen molar-refractivity contribution in [3.63, 3.8) is 0 Å². The Bertz CT molecular complexity index is 596. The van der Waals surface area contributed by atoms with Gasteiger partial charge in [-0.3, -0.25) is 4.79 Å². The molecule has 3 nitrogen and oxygen atoms in total. The monoisotopic (exact) mass is 286 g/mol. The fourth-order valence-electron chi connectivity index (χ4n) is 1.92. The summed E-state index contributed by atoms with van der Waals surface area (Å²) in [6, 6.07) is 17.1. The molecule has 20 heavy (non-hydrogen) atoms. The maximum atomic E-state index is 12.5. The lowest BCUT2D eigenvalue weighted by Crippen LogP contribution is -2.45. The molecule has 0 saturated heterocycles. The molecule has 0 bridgehead atoms. The van der Waals surface area contributed by atoms with E-state index in [0.29, 0.717) is 0 Å². The van der Waals surface area contributed by atoms with E-state index in [9.17, 15) is 4.79 Å². The van der Waals surface area contributed by atoms with E-state index in [1.807, 2.05) is 60.9 Å². The summed E-state index contributed by atoms with van der Waals surface area (Å²) >= 11 is 1.59. The highest BCUT2D eigenvalue weighted by molar-refractivity contribution is 7.98. The first-order chi connectivity index (χ1) is 9.55. The number of para-hydroxylation sites is 1. The van der Waals surface area contributed by atoms with Gasteiger partial charge in [0, 0.05) is 4.90 Å². The highest BCUT2D eigenvalue weighted by Crippen LogP contribution is 2.26. The summed E-state index contributed by atoms with van der Waals surface area (Å²) in [7, 11) is 0. The molecule has 0 aliphatic rings. The normalized spacial score (nSPS) is 13.6. The Labute approximate surface area is 123 Å². The molecule has 0 aromatic heterocycles. The molecule has 1 unspecified atom stereocenters. The van der Waals surface area contributed by atoms with E-state index in [4.69, 9.17) is 5.73 Å². The highest BCUT2D eigenvalue weighted by Gasteiger charge is 2.30. The van der Waals surface area contributed by atoms with Gasteiger partial charge in [-0.1, -0.05) is 42.5 Å². The van der Waals surface area contributed by atoms with Crippen LogP contribution in [0.4, 0.5) is 5.69 Å². The summed E-state index contributed by atoms with van der Waals surface area (Å²) in [5, 5.41) is 2.92. The zero-order valence-electron chi connectivity index (χ0n) is 11.6. The number of hydrogen-bond donors (Lipinski definition) is 2. The molecule has 1 atom stereocenters. The van der Waals surface area contributed by atoms with Gasteiger partial charge in [-0.25, -0.2) is 0 Å². The van der Waals surface area contributed by atoms with Crippen molar-refractivity contribution >= 4 is 23.4 Å². The molecule has 2 aromatic rings. The number of rotatable bonds is 4. The zero-order valence-corrected chi connectivity index (χ0v) is 12.4. The van der Waals surface area contributed by atoms with Gasteiger partial charge < -0.3 is 11.1 Å². The van der Waals surface area contributed by atoms with Crippen molar-refractivity contribution in [3.8, 4) is 0 Å². The van der Waals surface area contributed by atoms with Gasteiger partial charge in [0.15, 0.2) is 0 Å². The maximum absolute atomic E-state index is 12.5. The van der Waals surface area contributed by atoms with Gasteiger partial charge in [-0.05, 0) is 30.9 Å². The number of hydrogen-bond acceptors (Lipinski definition) is 3. The predicted octanol–water partition coefficient (Wildman–Crippen LogP) is 3.22. The van der Waals surface area contributed by atoms with Gasteiger partial charge >= 0.3 is 0 Å². The van der Waals surface area contributed by atoms with Crippen LogP contribution in [0.1, 0.15) is 12.5 Å². The second kappa shape index (κ2) is 6.11. The number of thioether (sulfide) groups is 1. The maximum Gasteiger partial charge on any atom is 0.248 e. The smallest absolute Gasteiger partial charge is 0.248 e. The summed E-state index contributed by atoms with van der Waals surface area (Å²) in [6.07, 6.45) is 1.98. The van der Waals surface area contributed by atoms with Crippen LogP contribution in [-0.2, 0) is 10.3 Å². The number of carbonyl (C=O) groups excluding carboxylic acids is 1. The second-order valence-corrected chi connectivity index (χ2v) is 5.57. The van der Waals surface area contributed by atoms with Crippen LogP contribution in [0.5, 0.6) is 0 Å². The molecule has 2 aromatic carbocycles. The Morgan fingerprint density at radius 3 is 2.35 bits per heavy atom. The summed E-state index contributed by atoms with van der Waals surface area (Å²) in [6.45, 7) is 1.72. The van der Waals surface area contributed by atoms with E-state index < -0.39 is 5.54 Å². The largest absolute Gasteiger partial charge is 0.323 e. The minimum atomic E-state index is -1.06. The van der Waals surface area contributed by atoms with Crippen LogP contribution in [0.3, 0.4) is 0 Å². The van der Waals surface area contributed by atoms with Crippen LogP contribution in [0.2, 0.25) is 0 Å². The van der Waals surface area contributed by atoms with E-state index in [2.05, 4.69) is 5.32 Å². The zero-order chi connectivity index (χ0) is 14.6. The fourth-order valence-corrected chi connectivity index (χ4v) is 2.47. The summed E-state index contributed by atoms with van der Waals surface area (Å²) in [5.74, 6) is -0.217. The predicted molar refractivity (Wildman–Crippen MR) is 84.8 cm³/mol. The van der Waals surface area contributed by atoms with Crippen LogP contribution in [0.15, 0.2) is 59.5 Å². The quantitative estimate of drug-likeness (QED) is 0.849. The summed E-state index contributed by atoms with van der Waals surface area (Å²) < 4.78 is 0. The van der Waals surface area contributed by atoms with Gasteiger partial charge in [0.05, 0.1) is 5.69 Å². The van der Waals surface area contributed by atoms with Crippen molar-refractivity contribution in [2.45, 2.75) is 17.4 Å². The first kappa shape index (κ1) is 14.6. The molecule has 0 spiro atoms. The summed E-state index contributed by atoms with van der Waals surface area (Å²) in [4.78, 5) is 13.5. The van der Waals surface area contributed by atoms with Crippen LogP contribution in [0.25, 0.3) is 0 Å². The van der Waals surface area contributed by atoms with Gasteiger partial charge in [0.25, 0.3) is 0 Å². The van der Waals surface area contributed by atoms with Crippen molar-refractivity contribution in [1.29, 1.82) is 0 Å². The Morgan fingerprint density at radius 2 is 1.70 bits per heavy atom. The minimum Gasteiger partial charge on any atom is -0.323 e. The number of anilines is 1. The van der Waals surface area contributed by atoms with E-state index in [1.165, 1.54) is 0 Å². The van der Waals surface area contributed by atoms with Crippen LogP contribution >= 0.6 is 11.8 Å². The number of amides is 1. The topological polar surface area (TPSA) is 55.1 Å². The third-order valence-corrected chi connectivity index (χ3v) is 4.00. The Balaban J connectivity index is 2.24. The minimum absolute atomic E-state index is 0.217. The molecule has 0 heterocycles. The first-order valence-corrected chi connectivity index (χ1v) is 7.57. The standard InChI is InChI=1S/C16H18N2OS/c1-16(17,12-8-4-3-5-9-12)15(19)18-13-10-6-7-11-14(13)20-2/h3-11H,17H2,1-2H3,(H,18,19). The number of nitrogens with two attached hydrogens (primary N) is 1. The third kappa shape index (κ3) is 3.03. The third-order valence-electron chi connectivity index (χ3n) is 3.20. The molecule has 3 N–H and O–H groups in total. The summed E-state index contributed by atoms with van der Waals surface area (Å²) in [5.41, 5.74) is 6.72. The molecular weight excluding hydrogens is 268 g/mol. The van der Waals surface area contributed by atoms with Crippen LogP contribution in [-0.4, -0.2) is 12.2 Å². The Hall–Kier alpha value is -1.78. The van der Waals surface area contributed by atoms with Gasteiger partial charge in [-0.15, -0.1) is 11.8 Å². The van der Waals surface area contributed by atoms with E-state index in [-0.39, 0.29) is 5.91 Å². The van der Waals surface area contributed by atoms with Gasteiger partial charge in [0.1, 0.15) is 5.54 Å². The molecule has 0 radical (unpaired) electrons. The van der Waals surface area contributed by atoms with Crippen molar-refractivity contribution < 1.29 is 4.79 Å². The molecule has 0 aliphatic carbocycles. The van der Waals surface area contributed by atoms with Gasteiger partial charge in [-0.2, -0.15) is 0 Å². The van der Waals surface area contributed by atoms with Crippen molar-refractivity contribution in [2.24, 2.45) is 5.73 Å². The Morgan fingerprint density at radius 1 is 1.10 bits per heavy atom.